The number of hydrogen-bond donors (Lipinski definition) is 2. The Labute approximate surface area is 158 Å². The Balaban J connectivity index is 0.00000243. The molecule has 3 aromatic carbocycles. The molecule has 0 bridgehead atoms. The van der Waals surface area contributed by atoms with Crippen molar-refractivity contribution in [3.63, 3.8) is 0 Å². The number of nitro groups is 1. The second kappa shape index (κ2) is 8.78. The van der Waals surface area contributed by atoms with Gasteiger partial charge in [-0.15, -0.1) is 0 Å². The van der Waals surface area contributed by atoms with Crippen molar-refractivity contribution in [2.75, 3.05) is 5.32 Å². The Bertz CT molecular complexity index is 910. The highest BCUT2D eigenvalue weighted by Gasteiger charge is 2.13. The van der Waals surface area contributed by atoms with E-state index < -0.39 is 4.92 Å². The summed E-state index contributed by atoms with van der Waals surface area (Å²) in [6.07, 6.45) is 0. The molecule has 0 atom stereocenters. The normalized spacial score (nSPS) is 10.7. The molecule has 6 heteroatoms. The van der Waals surface area contributed by atoms with Crippen molar-refractivity contribution in [1.29, 1.82) is 0 Å². The molecule has 0 aliphatic rings. The van der Waals surface area contributed by atoms with Crippen molar-refractivity contribution in [2.45, 2.75) is 6.92 Å². The SMILES string of the molecule is Cc1ccccc1[NH+]=C(Nc1ccc([N+](=O)[O-])cc1)c1ccccc1.[Cl-]. The largest absolute Gasteiger partial charge is 1.00 e. The van der Waals surface area contributed by atoms with E-state index >= 15 is 0 Å². The number of anilines is 1. The lowest BCUT2D eigenvalue weighted by molar-refractivity contribution is -0.384. The van der Waals surface area contributed by atoms with Crippen LogP contribution in [-0.2, 0) is 0 Å². The first-order valence-corrected chi connectivity index (χ1v) is 7.90. The summed E-state index contributed by atoms with van der Waals surface area (Å²) >= 11 is 0. The molecule has 0 saturated carbocycles. The maximum Gasteiger partial charge on any atom is 0.285 e. The fourth-order valence-electron chi connectivity index (χ4n) is 2.44. The molecule has 0 fully saturated rings. The van der Waals surface area contributed by atoms with Gasteiger partial charge in [0.15, 0.2) is 0 Å². The third-order valence-electron chi connectivity index (χ3n) is 3.81. The summed E-state index contributed by atoms with van der Waals surface area (Å²) in [5.41, 5.74) is 3.95. The van der Waals surface area contributed by atoms with Gasteiger partial charge in [-0.05, 0) is 42.8 Å². The summed E-state index contributed by atoms with van der Waals surface area (Å²) in [4.78, 5) is 13.8. The number of nitrogens with one attached hydrogen (secondary N) is 2. The molecular formula is C20H18ClN3O2. The molecule has 0 aliphatic heterocycles. The van der Waals surface area contributed by atoms with E-state index in [2.05, 4.69) is 10.3 Å². The Morgan fingerprint density at radius 3 is 2.15 bits per heavy atom. The van der Waals surface area contributed by atoms with Crippen LogP contribution in [0.25, 0.3) is 0 Å². The van der Waals surface area contributed by atoms with Gasteiger partial charge in [0, 0.05) is 12.1 Å². The van der Waals surface area contributed by atoms with Crippen molar-refractivity contribution in [3.8, 4) is 0 Å². The van der Waals surface area contributed by atoms with Gasteiger partial charge in [-0.25, -0.2) is 10.3 Å². The zero-order valence-electron chi connectivity index (χ0n) is 14.1. The van der Waals surface area contributed by atoms with Gasteiger partial charge in [0.2, 0.25) is 0 Å². The lowest BCUT2D eigenvalue weighted by atomic mass is 10.1. The topological polar surface area (TPSA) is 69.1 Å². The number of hydrogen-bond acceptors (Lipinski definition) is 2. The van der Waals surface area contributed by atoms with Gasteiger partial charge in [-0.2, -0.15) is 0 Å². The van der Waals surface area contributed by atoms with Crippen LogP contribution in [-0.4, -0.2) is 10.8 Å². The van der Waals surface area contributed by atoms with Gasteiger partial charge >= 0.3 is 0 Å². The van der Waals surface area contributed by atoms with Crippen molar-refractivity contribution < 1.29 is 22.3 Å². The van der Waals surface area contributed by atoms with E-state index in [1.54, 1.807) is 12.1 Å². The van der Waals surface area contributed by atoms with E-state index in [0.29, 0.717) is 0 Å². The lowest BCUT2D eigenvalue weighted by Crippen LogP contribution is -3.00. The summed E-state index contributed by atoms with van der Waals surface area (Å²) in [5.74, 6) is 0.809. The highest BCUT2D eigenvalue weighted by Crippen LogP contribution is 2.16. The quantitative estimate of drug-likeness (QED) is 0.299. The monoisotopic (exact) mass is 367 g/mol. The third kappa shape index (κ3) is 4.68. The average molecular weight is 368 g/mol. The molecule has 3 rings (SSSR count). The Morgan fingerprint density at radius 2 is 1.54 bits per heavy atom. The average Bonchev–Trinajstić information content (AvgIpc) is 2.64. The first-order valence-electron chi connectivity index (χ1n) is 7.90. The van der Waals surface area contributed by atoms with Crippen LogP contribution >= 0.6 is 0 Å². The van der Waals surface area contributed by atoms with Crippen LogP contribution in [0.2, 0.25) is 0 Å². The molecule has 5 nitrogen and oxygen atoms in total. The zero-order chi connectivity index (χ0) is 17.6. The van der Waals surface area contributed by atoms with Crippen molar-refractivity contribution in [3.05, 3.63) is 100 Å². The van der Waals surface area contributed by atoms with Gasteiger partial charge in [0.25, 0.3) is 11.5 Å². The smallest absolute Gasteiger partial charge is 0.285 e. The molecule has 0 amide bonds. The van der Waals surface area contributed by atoms with E-state index in [9.17, 15) is 10.1 Å². The molecule has 0 aliphatic carbocycles. The molecule has 0 radical (unpaired) electrons. The highest BCUT2D eigenvalue weighted by molar-refractivity contribution is 6.04. The number of non-ortho nitro benzene ring substituents is 1. The third-order valence-corrected chi connectivity index (χ3v) is 3.81. The minimum absolute atomic E-state index is 0. The van der Waals surface area contributed by atoms with Crippen molar-refractivity contribution >= 4 is 22.9 Å². The van der Waals surface area contributed by atoms with Crippen LogP contribution in [0.3, 0.4) is 0 Å². The first kappa shape index (κ1) is 19.1. The molecule has 0 unspecified atom stereocenters. The molecule has 0 spiro atoms. The number of para-hydroxylation sites is 1. The Hall–Kier alpha value is -3.18. The summed E-state index contributed by atoms with van der Waals surface area (Å²) in [5, 5.41) is 14.1. The fourth-order valence-corrected chi connectivity index (χ4v) is 2.44. The fraction of sp³-hybridized carbons (Fsp3) is 0.0500. The van der Waals surface area contributed by atoms with Gasteiger partial charge in [-0.3, -0.25) is 10.1 Å². The van der Waals surface area contributed by atoms with E-state index in [0.717, 1.165) is 28.3 Å². The van der Waals surface area contributed by atoms with Crippen LogP contribution in [0.1, 0.15) is 11.1 Å². The van der Waals surface area contributed by atoms with E-state index in [1.165, 1.54) is 12.1 Å². The lowest BCUT2D eigenvalue weighted by Gasteiger charge is -2.05. The van der Waals surface area contributed by atoms with E-state index in [4.69, 9.17) is 0 Å². The summed E-state index contributed by atoms with van der Waals surface area (Å²) in [6, 6.07) is 24.3. The predicted octanol–water partition coefficient (Wildman–Crippen LogP) is 0.178. The number of nitro benzene ring substituents is 1. The van der Waals surface area contributed by atoms with Crippen LogP contribution in [0.5, 0.6) is 0 Å². The number of rotatable bonds is 4. The van der Waals surface area contributed by atoms with Gasteiger partial charge < -0.3 is 12.4 Å². The summed E-state index contributed by atoms with van der Waals surface area (Å²) in [6.45, 7) is 2.04. The van der Waals surface area contributed by atoms with Crippen LogP contribution in [0.4, 0.5) is 17.1 Å². The minimum atomic E-state index is -0.406. The second-order valence-electron chi connectivity index (χ2n) is 5.61. The molecule has 0 heterocycles. The van der Waals surface area contributed by atoms with Gasteiger partial charge in [0.05, 0.1) is 10.5 Å². The molecule has 2 N–H and O–H groups in total. The zero-order valence-corrected chi connectivity index (χ0v) is 14.9. The summed E-state index contributed by atoms with van der Waals surface area (Å²) in [7, 11) is 0. The highest BCUT2D eigenvalue weighted by atomic mass is 35.5. The van der Waals surface area contributed by atoms with Crippen LogP contribution < -0.4 is 22.7 Å². The van der Waals surface area contributed by atoms with Crippen LogP contribution in [0, 0.1) is 17.0 Å². The van der Waals surface area contributed by atoms with Crippen LogP contribution in [0.15, 0.2) is 78.9 Å². The first-order chi connectivity index (χ1) is 12.1. The maximum atomic E-state index is 10.8. The molecule has 0 aromatic heterocycles. The summed E-state index contributed by atoms with van der Waals surface area (Å²) < 4.78 is 0. The van der Waals surface area contributed by atoms with Crippen molar-refractivity contribution in [1.82, 2.24) is 0 Å². The number of benzene rings is 3. The predicted molar refractivity (Wildman–Crippen MR) is 99.1 cm³/mol. The number of aryl methyl sites for hydroxylation is 1. The number of amidine groups is 1. The Morgan fingerprint density at radius 1 is 0.923 bits per heavy atom. The van der Waals surface area contributed by atoms with E-state index in [-0.39, 0.29) is 18.1 Å². The molecule has 26 heavy (non-hydrogen) atoms. The molecular weight excluding hydrogens is 350 g/mol. The molecule has 3 aromatic rings. The minimum Gasteiger partial charge on any atom is -1.00 e. The van der Waals surface area contributed by atoms with Gasteiger partial charge in [0.1, 0.15) is 11.4 Å². The number of halogens is 1. The maximum absolute atomic E-state index is 10.8. The van der Waals surface area contributed by atoms with Gasteiger partial charge in [-0.1, -0.05) is 36.4 Å². The Kier molecular flexibility index (Phi) is 6.47. The molecule has 0 saturated heterocycles. The number of nitrogens with zero attached hydrogens (tertiary/aromatic N) is 1. The standard InChI is InChI=1S/C20H17N3O2.ClH/c1-15-7-5-6-10-19(15)22-20(16-8-3-2-4-9-16)21-17-11-13-18(14-12-17)23(24)25;/h2-14H,1H3,(H,21,22);1H. The van der Waals surface area contributed by atoms with Crippen molar-refractivity contribution in [2.24, 2.45) is 0 Å². The molecule has 132 valence electrons. The van der Waals surface area contributed by atoms with E-state index in [1.807, 2.05) is 61.5 Å². The second-order valence-corrected chi connectivity index (χ2v) is 5.61.